The molecule has 3 rings (SSSR count). The summed E-state index contributed by atoms with van der Waals surface area (Å²) in [7, 11) is 0. The fraction of sp³-hybridized carbons (Fsp3) is 0.375. The van der Waals surface area contributed by atoms with Crippen molar-refractivity contribution in [3.05, 3.63) is 46.7 Å². The first-order valence-corrected chi connectivity index (χ1v) is 7.77. The number of primary amides is 1. The van der Waals surface area contributed by atoms with Gasteiger partial charge in [0.25, 0.3) is 5.91 Å². The zero-order valence-corrected chi connectivity index (χ0v) is 12.9. The van der Waals surface area contributed by atoms with Crippen LogP contribution in [0.2, 0.25) is 5.02 Å². The van der Waals surface area contributed by atoms with E-state index < -0.39 is 5.91 Å². The second kappa shape index (κ2) is 6.40. The summed E-state index contributed by atoms with van der Waals surface area (Å²) < 4.78 is 7.70. The molecule has 0 radical (unpaired) electrons. The normalized spacial score (nSPS) is 15.1. The number of nitrogens with two attached hydrogens (primary N) is 1. The van der Waals surface area contributed by atoms with Gasteiger partial charge in [0, 0.05) is 11.2 Å². The molecule has 0 unspecified atom stereocenters. The summed E-state index contributed by atoms with van der Waals surface area (Å²) in [5.41, 5.74) is 6.45. The highest BCUT2D eigenvalue weighted by Crippen LogP contribution is 2.29. The van der Waals surface area contributed by atoms with Crippen molar-refractivity contribution in [1.29, 1.82) is 0 Å². The molecule has 6 heteroatoms. The predicted octanol–water partition coefficient (Wildman–Crippen LogP) is 3.33. The van der Waals surface area contributed by atoms with Crippen molar-refractivity contribution in [3.8, 4) is 5.75 Å². The van der Waals surface area contributed by atoms with Gasteiger partial charge in [0.2, 0.25) is 0 Å². The maximum atomic E-state index is 11.4. The van der Waals surface area contributed by atoms with Gasteiger partial charge in [0.1, 0.15) is 12.4 Å². The quantitative estimate of drug-likeness (QED) is 0.919. The molecule has 2 aromatic rings. The Balaban J connectivity index is 1.69. The fourth-order valence-electron chi connectivity index (χ4n) is 2.80. The summed E-state index contributed by atoms with van der Waals surface area (Å²) in [6, 6.07) is 7.27. The smallest absolute Gasteiger partial charge is 0.252 e. The lowest BCUT2D eigenvalue weighted by Gasteiger charge is -2.10. The second-order valence-electron chi connectivity index (χ2n) is 5.52. The maximum Gasteiger partial charge on any atom is 0.252 e. The Bertz CT molecular complexity index is 678. The Morgan fingerprint density at radius 3 is 2.86 bits per heavy atom. The molecule has 0 aliphatic heterocycles. The molecule has 1 heterocycles. The number of carbonyl (C=O) groups is 1. The molecule has 0 saturated heterocycles. The molecule has 116 valence electrons. The van der Waals surface area contributed by atoms with E-state index in [0.29, 0.717) is 23.4 Å². The van der Waals surface area contributed by atoms with Gasteiger partial charge in [-0.1, -0.05) is 24.4 Å². The van der Waals surface area contributed by atoms with Crippen LogP contribution in [0.5, 0.6) is 5.75 Å². The van der Waals surface area contributed by atoms with E-state index in [-0.39, 0.29) is 5.56 Å². The minimum Gasteiger partial charge on any atom is -0.486 e. The van der Waals surface area contributed by atoms with Crippen LogP contribution in [0.25, 0.3) is 0 Å². The molecule has 1 aromatic carbocycles. The van der Waals surface area contributed by atoms with E-state index in [1.807, 2.05) is 16.9 Å². The average molecular weight is 320 g/mol. The van der Waals surface area contributed by atoms with E-state index in [2.05, 4.69) is 5.10 Å². The third-order valence-electron chi connectivity index (χ3n) is 3.95. The van der Waals surface area contributed by atoms with E-state index in [9.17, 15) is 4.79 Å². The monoisotopic (exact) mass is 319 g/mol. The second-order valence-corrected chi connectivity index (χ2v) is 5.96. The van der Waals surface area contributed by atoms with Crippen LogP contribution < -0.4 is 10.5 Å². The number of hydrogen-bond donors (Lipinski definition) is 1. The predicted molar refractivity (Wildman–Crippen MR) is 84.0 cm³/mol. The zero-order chi connectivity index (χ0) is 15.5. The number of halogens is 1. The van der Waals surface area contributed by atoms with Gasteiger partial charge < -0.3 is 10.5 Å². The number of amides is 1. The topological polar surface area (TPSA) is 70.1 Å². The molecule has 1 saturated carbocycles. The minimum atomic E-state index is -0.561. The van der Waals surface area contributed by atoms with Crippen molar-refractivity contribution in [3.63, 3.8) is 0 Å². The minimum absolute atomic E-state index is 0.280. The Labute approximate surface area is 134 Å². The summed E-state index contributed by atoms with van der Waals surface area (Å²) in [5.74, 6) is -0.138. The van der Waals surface area contributed by atoms with Gasteiger partial charge in [-0.05, 0) is 37.1 Å². The highest BCUT2D eigenvalue weighted by atomic mass is 35.5. The Hall–Kier alpha value is -2.01. The van der Waals surface area contributed by atoms with E-state index >= 15 is 0 Å². The number of carbonyl (C=O) groups excluding carboxylic acids is 1. The maximum absolute atomic E-state index is 11.4. The number of hydrogen-bond acceptors (Lipinski definition) is 3. The molecule has 0 atom stereocenters. The number of benzene rings is 1. The van der Waals surface area contributed by atoms with Crippen LogP contribution in [-0.2, 0) is 6.61 Å². The van der Waals surface area contributed by atoms with E-state index in [1.165, 1.54) is 31.7 Å². The van der Waals surface area contributed by atoms with Gasteiger partial charge >= 0.3 is 0 Å². The lowest BCUT2D eigenvalue weighted by Crippen LogP contribution is -2.13. The summed E-state index contributed by atoms with van der Waals surface area (Å²) in [6.45, 7) is 0.293. The molecule has 5 nitrogen and oxygen atoms in total. The van der Waals surface area contributed by atoms with Crippen LogP contribution >= 0.6 is 11.6 Å². The standard InChI is InChI=1S/C16H18ClN3O2/c17-11-5-6-15(14(9-11)16(18)21)22-10-12-7-8-20(19-12)13-3-1-2-4-13/h5-9,13H,1-4,10H2,(H2,18,21). The van der Waals surface area contributed by atoms with E-state index in [0.717, 1.165) is 5.69 Å². The Kier molecular flexibility index (Phi) is 4.34. The molecule has 0 bridgehead atoms. The zero-order valence-electron chi connectivity index (χ0n) is 12.2. The first kappa shape index (κ1) is 14.9. The van der Waals surface area contributed by atoms with Crippen molar-refractivity contribution in [2.75, 3.05) is 0 Å². The van der Waals surface area contributed by atoms with Crippen molar-refractivity contribution < 1.29 is 9.53 Å². The molecular formula is C16H18ClN3O2. The summed E-state index contributed by atoms with van der Waals surface area (Å²) in [4.78, 5) is 11.4. The van der Waals surface area contributed by atoms with Gasteiger partial charge in [-0.3, -0.25) is 9.48 Å². The third-order valence-corrected chi connectivity index (χ3v) is 4.18. The Morgan fingerprint density at radius 2 is 2.14 bits per heavy atom. The number of rotatable bonds is 5. The molecule has 1 aliphatic rings. The third kappa shape index (κ3) is 3.25. The highest BCUT2D eigenvalue weighted by molar-refractivity contribution is 6.31. The van der Waals surface area contributed by atoms with Crippen molar-refractivity contribution in [2.45, 2.75) is 38.3 Å². The van der Waals surface area contributed by atoms with E-state index in [1.54, 1.807) is 12.1 Å². The first-order valence-electron chi connectivity index (χ1n) is 7.39. The Morgan fingerprint density at radius 1 is 1.36 bits per heavy atom. The van der Waals surface area contributed by atoms with Crippen LogP contribution in [0.1, 0.15) is 47.8 Å². The average Bonchev–Trinajstić information content (AvgIpc) is 3.16. The van der Waals surface area contributed by atoms with Crippen LogP contribution in [0.4, 0.5) is 0 Å². The SMILES string of the molecule is NC(=O)c1cc(Cl)ccc1OCc1ccn(C2CCCC2)n1. The van der Waals surface area contributed by atoms with Crippen molar-refractivity contribution in [1.82, 2.24) is 9.78 Å². The van der Waals surface area contributed by atoms with Crippen LogP contribution in [0.3, 0.4) is 0 Å². The number of nitrogens with zero attached hydrogens (tertiary/aromatic N) is 2. The number of ether oxygens (including phenoxy) is 1. The molecule has 22 heavy (non-hydrogen) atoms. The van der Waals surface area contributed by atoms with Crippen molar-refractivity contribution in [2.24, 2.45) is 5.73 Å². The van der Waals surface area contributed by atoms with Crippen molar-refractivity contribution >= 4 is 17.5 Å². The number of aromatic nitrogens is 2. The summed E-state index contributed by atoms with van der Waals surface area (Å²) >= 11 is 5.88. The van der Waals surface area contributed by atoms with Crippen LogP contribution in [0.15, 0.2) is 30.5 Å². The van der Waals surface area contributed by atoms with Gasteiger partial charge in [-0.15, -0.1) is 0 Å². The van der Waals surface area contributed by atoms with Gasteiger partial charge in [0.15, 0.2) is 0 Å². The first-order chi connectivity index (χ1) is 10.6. The van der Waals surface area contributed by atoms with Gasteiger partial charge in [0.05, 0.1) is 17.3 Å². The lowest BCUT2D eigenvalue weighted by atomic mass is 10.2. The molecule has 1 amide bonds. The van der Waals surface area contributed by atoms with Crippen LogP contribution in [-0.4, -0.2) is 15.7 Å². The molecule has 2 N–H and O–H groups in total. The van der Waals surface area contributed by atoms with Gasteiger partial charge in [-0.25, -0.2) is 0 Å². The molecular weight excluding hydrogens is 302 g/mol. The molecule has 1 aliphatic carbocycles. The highest BCUT2D eigenvalue weighted by Gasteiger charge is 2.18. The fourth-order valence-corrected chi connectivity index (χ4v) is 2.97. The van der Waals surface area contributed by atoms with Gasteiger partial charge in [-0.2, -0.15) is 5.10 Å². The largest absolute Gasteiger partial charge is 0.486 e. The summed E-state index contributed by atoms with van der Waals surface area (Å²) in [6.07, 6.45) is 6.90. The molecule has 1 fully saturated rings. The molecule has 1 aromatic heterocycles. The lowest BCUT2D eigenvalue weighted by molar-refractivity contribution is 0.0996. The molecule has 0 spiro atoms. The van der Waals surface area contributed by atoms with Crippen LogP contribution in [0, 0.1) is 0 Å². The summed E-state index contributed by atoms with van der Waals surface area (Å²) in [5, 5.41) is 5.00. The van der Waals surface area contributed by atoms with E-state index in [4.69, 9.17) is 22.1 Å².